The predicted octanol–water partition coefficient (Wildman–Crippen LogP) is 2.72. The molecule has 1 atom stereocenters. The van der Waals surface area contributed by atoms with Crippen LogP contribution in [-0.2, 0) is 6.54 Å². The predicted molar refractivity (Wildman–Crippen MR) is 105 cm³/mol. The maximum atomic E-state index is 4.69. The second-order valence-corrected chi connectivity index (χ2v) is 7.41. The van der Waals surface area contributed by atoms with Gasteiger partial charge in [-0.3, -0.25) is 9.30 Å². The van der Waals surface area contributed by atoms with Crippen molar-refractivity contribution >= 4 is 22.3 Å². The SMILES string of the molecule is CCNC(=NCc1cn2ccsc2n1)NCCN1CCCCC1CC. The number of likely N-dealkylation sites (tertiary alicyclic amines) is 1. The molecular formula is C18H30N6S. The number of thiazole rings is 1. The normalized spacial score (nSPS) is 19.4. The first kappa shape index (κ1) is 18.2. The summed E-state index contributed by atoms with van der Waals surface area (Å²) in [6, 6.07) is 0.758. The van der Waals surface area contributed by atoms with Gasteiger partial charge in [-0.15, -0.1) is 11.3 Å². The number of piperidine rings is 1. The van der Waals surface area contributed by atoms with Gasteiger partial charge in [0.1, 0.15) is 0 Å². The van der Waals surface area contributed by atoms with E-state index in [2.05, 4.69) is 50.0 Å². The minimum Gasteiger partial charge on any atom is -0.357 e. The van der Waals surface area contributed by atoms with Crippen LogP contribution in [0.4, 0.5) is 0 Å². The van der Waals surface area contributed by atoms with Crippen LogP contribution in [-0.4, -0.2) is 52.5 Å². The molecule has 1 saturated heterocycles. The Balaban J connectivity index is 1.50. The molecule has 2 aromatic heterocycles. The lowest BCUT2D eigenvalue weighted by molar-refractivity contribution is 0.147. The van der Waals surface area contributed by atoms with Gasteiger partial charge in [0.25, 0.3) is 0 Å². The Morgan fingerprint density at radius 1 is 1.36 bits per heavy atom. The van der Waals surface area contributed by atoms with E-state index in [0.717, 1.165) is 42.3 Å². The second-order valence-electron chi connectivity index (χ2n) is 6.54. The number of nitrogens with zero attached hydrogens (tertiary/aromatic N) is 4. The highest BCUT2D eigenvalue weighted by molar-refractivity contribution is 7.15. The molecule has 25 heavy (non-hydrogen) atoms. The fraction of sp³-hybridized carbons (Fsp3) is 0.667. The van der Waals surface area contributed by atoms with Gasteiger partial charge in [0.2, 0.25) is 0 Å². The van der Waals surface area contributed by atoms with E-state index in [4.69, 9.17) is 0 Å². The van der Waals surface area contributed by atoms with E-state index in [1.165, 1.54) is 32.2 Å². The Labute approximate surface area is 154 Å². The number of aliphatic imine (C=N–C) groups is 1. The monoisotopic (exact) mass is 362 g/mol. The number of hydrogen-bond acceptors (Lipinski definition) is 4. The Bertz CT molecular complexity index is 647. The topological polar surface area (TPSA) is 57.0 Å². The average molecular weight is 363 g/mol. The molecule has 0 spiro atoms. The lowest BCUT2D eigenvalue weighted by Crippen LogP contribution is -2.45. The summed E-state index contributed by atoms with van der Waals surface area (Å²) in [5.41, 5.74) is 1.01. The van der Waals surface area contributed by atoms with Crippen LogP contribution < -0.4 is 10.6 Å². The van der Waals surface area contributed by atoms with Crippen LogP contribution in [0.3, 0.4) is 0 Å². The largest absolute Gasteiger partial charge is 0.357 e. The first-order valence-corrected chi connectivity index (χ1v) is 10.4. The molecule has 0 aromatic carbocycles. The van der Waals surface area contributed by atoms with Gasteiger partial charge in [0.05, 0.1) is 12.2 Å². The van der Waals surface area contributed by atoms with E-state index in [1.54, 1.807) is 11.3 Å². The third-order valence-electron chi connectivity index (χ3n) is 4.80. The fourth-order valence-corrected chi connectivity index (χ4v) is 4.21. The van der Waals surface area contributed by atoms with Crippen LogP contribution in [0.5, 0.6) is 0 Å². The smallest absolute Gasteiger partial charge is 0.193 e. The van der Waals surface area contributed by atoms with E-state index in [1.807, 2.05) is 11.6 Å². The molecule has 1 unspecified atom stereocenters. The van der Waals surface area contributed by atoms with Crippen LogP contribution in [0.2, 0.25) is 0 Å². The van der Waals surface area contributed by atoms with Gasteiger partial charge in [-0.1, -0.05) is 13.3 Å². The van der Waals surface area contributed by atoms with Crippen molar-refractivity contribution in [1.29, 1.82) is 0 Å². The number of rotatable bonds is 7. The van der Waals surface area contributed by atoms with Crippen LogP contribution in [0.25, 0.3) is 4.96 Å². The van der Waals surface area contributed by atoms with Gasteiger partial charge in [-0.2, -0.15) is 0 Å². The number of hydrogen-bond donors (Lipinski definition) is 2. The molecule has 2 N–H and O–H groups in total. The quantitative estimate of drug-likeness (QED) is 0.587. The molecule has 0 bridgehead atoms. The zero-order valence-electron chi connectivity index (χ0n) is 15.4. The Morgan fingerprint density at radius 3 is 3.08 bits per heavy atom. The fourth-order valence-electron chi connectivity index (χ4n) is 3.49. The van der Waals surface area contributed by atoms with Crippen molar-refractivity contribution in [2.24, 2.45) is 4.99 Å². The van der Waals surface area contributed by atoms with Crippen LogP contribution in [0, 0.1) is 0 Å². The summed E-state index contributed by atoms with van der Waals surface area (Å²) in [5, 5.41) is 8.85. The standard InChI is InChI=1S/C18H30N6S/c1-3-16-7-5-6-9-23(16)10-8-20-17(19-4-2)21-13-15-14-24-11-12-25-18(24)22-15/h11-12,14,16H,3-10,13H2,1-2H3,(H2,19,20,21). The minimum atomic E-state index is 0.602. The van der Waals surface area contributed by atoms with Crippen molar-refractivity contribution in [3.63, 3.8) is 0 Å². The summed E-state index contributed by atoms with van der Waals surface area (Å²) in [5.74, 6) is 0.879. The van der Waals surface area contributed by atoms with Gasteiger partial charge < -0.3 is 10.6 Å². The van der Waals surface area contributed by atoms with Crippen LogP contribution in [0.1, 0.15) is 45.2 Å². The molecule has 0 amide bonds. The van der Waals surface area contributed by atoms with Gasteiger partial charge in [0, 0.05) is 43.4 Å². The zero-order chi connectivity index (χ0) is 17.5. The summed E-state index contributed by atoms with van der Waals surface area (Å²) in [7, 11) is 0. The third-order valence-corrected chi connectivity index (χ3v) is 5.57. The number of imidazole rings is 1. The summed E-state index contributed by atoms with van der Waals surface area (Å²) in [4.78, 5) is 12.9. The Kier molecular flexibility index (Phi) is 6.69. The molecular weight excluding hydrogens is 332 g/mol. The zero-order valence-corrected chi connectivity index (χ0v) is 16.2. The minimum absolute atomic E-state index is 0.602. The Hall–Kier alpha value is -1.60. The maximum absolute atomic E-state index is 4.69. The highest BCUT2D eigenvalue weighted by Gasteiger charge is 2.19. The van der Waals surface area contributed by atoms with Gasteiger partial charge in [-0.05, 0) is 32.7 Å². The number of nitrogens with one attached hydrogen (secondary N) is 2. The van der Waals surface area contributed by atoms with E-state index in [9.17, 15) is 0 Å². The molecule has 2 aromatic rings. The molecule has 6 nitrogen and oxygen atoms in total. The number of guanidine groups is 1. The molecule has 3 heterocycles. The summed E-state index contributed by atoms with van der Waals surface area (Å²) >= 11 is 1.65. The van der Waals surface area contributed by atoms with Crippen molar-refractivity contribution in [2.75, 3.05) is 26.2 Å². The molecule has 0 aliphatic carbocycles. The number of fused-ring (bicyclic) bond motifs is 1. The highest BCUT2D eigenvalue weighted by atomic mass is 32.1. The van der Waals surface area contributed by atoms with Crippen molar-refractivity contribution in [3.05, 3.63) is 23.5 Å². The second kappa shape index (κ2) is 9.20. The lowest BCUT2D eigenvalue weighted by Gasteiger charge is -2.35. The van der Waals surface area contributed by atoms with Crippen molar-refractivity contribution in [1.82, 2.24) is 24.9 Å². The molecule has 1 fully saturated rings. The van der Waals surface area contributed by atoms with Crippen molar-refractivity contribution < 1.29 is 0 Å². The van der Waals surface area contributed by atoms with E-state index in [-0.39, 0.29) is 0 Å². The molecule has 1 aliphatic heterocycles. The lowest BCUT2D eigenvalue weighted by atomic mass is 10.0. The third kappa shape index (κ3) is 4.95. The van der Waals surface area contributed by atoms with Crippen LogP contribution in [0.15, 0.2) is 22.8 Å². The van der Waals surface area contributed by atoms with E-state index >= 15 is 0 Å². The first-order valence-electron chi connectivity index (χ1n) is 9.47. The molecule has 3 rings (SSSR count). The Morgan fingerprint density at radius 2 is 2.28 bits per heavy atom. The van der Waals surface area contributed by atoms with Crippen LogP contribution >= 0.6 is 11.3 Å². The highest BCUT2D eigenvalue weighted by Crippen LogP contribution is 2.18. The molecule has 0 saturated carbocycles. The van der Waals surface area contributed by atoms with E-state index in [0.29, 0.717) is 6.54 Å². The van der Waals surface area contributed by atoms with Gasteiger partial charge in [-0.25, -0.2) is 9.98 Å². The van der Waals surface area contributed by atoms with Gasteiger partial charge >= 0.3 is 0 Å². The molecule has 0 radical (unpaired) electrons. The number of aromatic nitrogens is 2. The maximum Gasteiger partial charge on any atom is 0.193 e. The van der Waals surface area contributed by atoms with Gasteiger partial charge in [0.15, 0.2) is 10.9 Å². The summed E-state index contributed by atoms with van der Waals surface area (Å²) in [6.45, 7) is 9.12. The summed E-state index contributed by atoms with van der Waals surface area (Å²) in [6.07, 6.45) is 9.41. The molecule has 138 valence electrons. The van der Waals surface area contributed by atoms with Crippen molar-refractivity contribution in [3.8, 4) is 0 Å². The van der Waals surface area contributed by atoms with Crippen molar-refractivity contribution in [2.45, 2.75) is 52.1 Å². The summed E-state index contributed by atoms with van der Waals surface area (Å²) < 4.78 is 2.05. The average Bonchev–Trinajstić information content (AvgIpc) is 3.21. The van der Waals surface area contributed by atoms with E-state index < -0.39 is 0 Å². The first-order chi connectivity index (χ1) is 12.3. The molecule has 7 heteroatoms. The molecule has 1 aliphatic rings.